The average Bonchev–Trinajstić information content (AvgIpc) is 3.48. The van der Waals surface area contributed by atoms with E-state index in [2.05, 4.69) is 29.4 Å². The van der Waals surface area contributed by atoms with Gasteiger partial charge in [-0.2, -0.15) is 0 Å². The fourth-order valence-electron chi connectivity index (χ4n) is 6.44. The van der Waals surface area contributed by atoms with Gasteiger partial charge in [0.2, 0.25) is 23.6 Å². The van der Waals surface area contributed by atoms with Crippen LogP contribution in [-0.2, 0) is 19.2 Å². The number of amides is 4. The number of benzene rings is 1. The van der Waals surface area contributed by atoms with Crippen molar-refractivity contribution in [2.75, 3.05) is 25.5 Å². The van der Waals surface area contributed by atoms with Crippen LogP contribution in [-0.4, -0.2) is 88.7 Å². The lowest BCUT2D eigenvalue weighted by atomic mass is 9.84. The highest BCUT2D eigenvalue weighted by Gasteiger charge is 2.40. The number of hydrogen-bond acceptors (Lipinski definition) is 5. The van der Waals surface area contributed by atoms with Crippen LogP contribution >= 0.6 is 0 Å². The molecule has 0 aromatic heterocycles. The van der Waals surface area contributed by atoms with Gasteiger partial charge in [-0.3, -0.25) is 24.1 Å². The van der Waals surface area contributed by atoms with Gasteiger partial charge in [-0.15, -0.1) is 0 Å². The van der Waals surface area contributed by atoms with Gasteiger partial charge in [0.1, 0.15) is 17.9 Å². The molecule has 4 amide bonds. The third-order valence-electron chi connectivity index (χ3n) is 9.07. The molecule has 0 saturated carbocycles. The lowest BCUT2D eigenvalue weighted by molar-refractivity contribution is -0.142. The Hall–Kier alpha value is -3.27. The topological polar surface area (TPSA) is 102 Å². The maximum atomic E-state index is 14.1. The first kappa shape index (κ1) is 36.2. The Labute approximate surface area is 269 Å². The third-order valence-corrected chi connectivity index (χ3v) is 9.07. The van der Waals surface area contributed by atoms with Gasteiger partial charge in [0.15, 0.2) is 0 Å². The molecule has 0 unspecified atom stereocenters. The SMILES string of the molecule is CC(=C[C@H](C(C)C)N(C)C(=O)[C@@H](NC(=O)[C@H]1CCCCN1C(C)C)C(C)(C)C)C(=O)N1CCC[C@H]1C(=O)Nc1ccc(F)cc1. The molecular formula is C35H54FN5O4. The lowest BCUT2D eigenvalue weighted by Gasteiger charge is -2.41. The van der Waals surface area contributed by atoms with Crippen LogP contribution in [0.5, 0.6) is 0 Å². The van der Waals surface area contributed by atoms with Gasteiger partial charge in [-0.25, -0.2) is 4.39 Å². The van der Waals surface area contributed by atoms with E-state index in [1.165, 1.54) is 24.3 Å². The van der Waals surface area contributed by atoms with Crippen molar-refractivity contribution in [3.63, 3.8) is 0 Å². The summed E-state index contributed by atoms with van der Waals surface area (Å²) < 4.78 is 13.3. The van der Waals surface area contributed by atoms with Crippen LogP contribution in [0.2, 0.25) is 0 Å². The highest BCUT2D eigenvalue weighted by Crippen LogP contribution is 2.27. The van der Waals surface area contributed by atoms with E-state index in [1.807, 2.05) is 34.6 Å². The number of likely N-dealkylation sites (N-methyl/N-ethyl adjacent to an activating group) is 1. The minimum absolute atomic E-state index is 0.0241. The predicted molar refractivity (Wildman–Crippen MR) is 176 cm³/mol. The molecule has 2 aliphatic heterocycles. The van der Waals surface area contributed by atoms with Crippen LogP contribution < -0.4 is 10.6 Å². The van der Waals surface area contributed by atoms with E-state index in [9.17, 15) is 23.6 Å². The first-order valence-corrected chi connectivity index (χ1v) is 16.4. The van der Waals surface area contributed by atoms with E-state index in [1.54, 1.807) is 29.8 Å². The number of halogens is 1. The zero-order valence-electron chi connectivity index (χ0n) is 28.7. The molecule has 0 radical (unpaired) electrons. The van der Waals surface area contributed by atoms with E-state index in [0.29, 0.717) is 30.6 Å². The molecule has 0 aliphatic carbocycles. The summed E-state index contributed by atoms with van der Waals surface area (Å²) >= 11 is 0. The smallest absolute Gasteiger partial charge is 0.249 e. The highest BCUT2D eigenvalue weighted by atomic mass is 19.1. The number of nitrogens with one attached hydrogen (secondary N) is 2. The molecule has 4 atom stereocenters. The van der Waals surface area contributed by atoms with Gasteiger partial charge in [0.05, 0.1) is 12.1 Å². The summed E-state index contributed by atoms with van der Waals surface area (Å²) in [7, 11) is 1.72. The summed E-state index contributed by atoms with van der Waals surface area (Å²) in [6.07, 6.45) is 5.83. The summed E-state index contributed by atoms with van der Waals surface area (Å²) in [5, 5.41) is 5.91. The van der Waals surface area contributed by atoms with Crippen LogP contribution in [0.25, 0.3) is 0 Å². The van der Waals surface area contributed by atoms with Crippen molar-refractivity contribution >= 4 is 29.3 Å². The van der Waals surface area contributed by atoms with Crippen LogP contribution in [0.4, 0.5) is 10.1 Å². The Morgan fingerprint density at radius 1 is 0.933 bits per heavy atom. The normalized spacial score (nSPS) is 21.1. The molecule has 9 nitrogen and oxygen atoms in total. The summed E-state index contributed by atoms with van der Waals surface area (Å²) in [4.78, 5) is 59.9. The van der Waals surface area contributed by atoms with Gasteiger partial charge in [0, 0.05) is 30.9 Å². The maximum Gasteiger partial charge on any atom is 0.249 e. The zero-order chi connectivity index (χ0) is 33.6. The van der Waals surface area contributed by atoms with Crippen molar-refractivity contribution < 1.29 is 23.6 Å². The number of nitrogens with zero attached hydrogens (tertiary/aromatic N) is 3. The van der Waals surface area contributed by atoms with Crippen LogP contribution in [0, 0.1) is 17.2 Å². The molecule has 2 saturated heterocycles. The Morgan fingerprint density at radius 2 is 1.56 bits per heavy atom. The average molecular weight is 628 g/mol. The molecule has 250 valence electrons. The first-order valence-electron chi connectivity index (χ1n) is 16.4. The van der Waals surface area contributed by atoms with E-state index in [-0.39, 0.29) is 41.6 Å². The van der Waals surface area contributed by atoms with Crippen molar-refractivity contribution in [3.05, 3.63) is 41.7 Å². The van der Waals surface area contributed by atoms with Gasteiger partial charge >= 0.3 is 0 Å². The second-order valence-electron chi connectivity index (χ2n) is 14.3. The van der Waals surface area contributed by atoms with E-state index in [4.69, 9.17) is 0 Å². The second-order valence-corrected chi connectivity index (χ2v) is 14.3. The van der Waals surface area contributed by atoms with Crippen molar-refractivity contribution in [1.82, 2.24) is 20.0 Å². The Morgan fingerprint density at radius 3 is 2.13 bits per heavy atom. The molecule has 45 heavy (non-hydrogen) atoms. The number of piperidine rings is 1. The molecule has 10 heteroatoms. The number of anilines is 1. The second kappa shape index (κ2) is 15.3. The molecule has 1 aromatic carbocycles. The van der Waals surface area contributed by atoms with E-state index in [0.717, 1.165) is 25.8 Å². The number of carbonyl (C=O) groups is 4. The molecule has 2 N–H and O–H groups in total. The molecule has 3 rings (SSSR count). The molecule has 2 heterocycles. The van der Waals surface area contributed by atoms with Crippen molar-refractivity contribution in [2.24, 2.45) is 11.3 Å². The molecule has 1 aromatic rings. The van der Waals surface area contributed by atoms with Crippen LogP contribution in [0.1, 0.15) is 87.5 Å². The quantitative estimate of drug-likeness (QED) is 0.357. The van der Waals surface area contributed by atoms with Crippen molar-refractivity contribution in [1.29, 1.82) is 0 Å². The maximum absolute atomic E-state index is 14.1. The zero-order valence-corrected chi connectivity index (χ0v) is 28.7. The molecule has 2 fully saturated rings. The summed E-state index contributed by atoms with van der Waals surface area (Å²) in [5.74, 6) is -1.32. The number of rotatable bonds is 10. The summed E-state index contributed by atoms with van der Waals surface area (Å²) in [6.45, 7) is 17.0. The fraction of sp³-hybridized carbons (Fsp3) is 0.657. The first-order chi connectivity index (χ1) is 21.0. The van der Waals surface area contributed by atoms with Gasteiger partial charge in [-0.1, -0.05) is 47.1 Å². The molecular weight excluding hydrogens is 573 g/mol. The number of carbonyl (C=O) groups excluding carboxylic acids is 4. The van der Waals surface area contributed by atoms with Crippen molar-refractivity contribution in [3.8, 4) is 0 Å². The Bertz CT molecular complexity index is 1240. The highest BCUT2D eigenvalue weighted by molar-refractivity contribution is 6.01. The molecule has 2 aliphatic rings. The monoisotopic (exact) mass is 627 g/mol. The minimum Gasteiger partial charge on any atom is -0.342 e. The van der Waals surface area contributed by atoms with Crippen LogP contribution in [0.3, 0.4) is 0 Å². The number of hydrogen-bond donors (Lipinski definition) is 2. The van der Waals surface area contributed by atoms with Gasteiger partial charge in [0.25, 0.3) is 0 Å². The largest absolute Gasteiger partial charge is 0.342 e. The molecule has 0 spiro atoms. The third kappa shape index (κ3) is 9.15. The van der Waals surface area contributed by atoms with E-state index >= 15 is 0 Å². The lowest BCUT2D eigenvalue weighted by Crippen LogP contribution is -2.60. The predicted octanol–water partition coefficient (Wildman–Crippen LogP) is 4.98. The van der Waals surface area contributed by atoms with Crippen molar-refractivity contribution in [2.45, 2.75) is 118 Å². The standard InChI is InChI=1S/C35H54FN5O4/c1-22(2)29(21-24(5)33(44)41-20-12-14-28(41)31(42)37-26-17-15-25(36)16-18-26)39(9)34(45)30(35(6,7)8)38-32(43)27-13-10-11-19-40(27)23(3)4/h15-18,21-23,27-30H,10-14,19-20H2,1-9H3,(H,37,42)(H,38,43)/t27-,28+,29-,30-/m1/s1. The molecule has 0 bridgehead atoms. The summed E-state index contributed by atoms with van der Waals surface area (Å²) in [5.41, 5.74) is 0.365. The van der Waals surface area contributed by atoms with Gasteiger partial charge < -0.3 is 20.4 Å². The Kier molecular flexibility index (Phi) is 12.3. The Balaban J connectivity index is 1.77. The summed E-state index contributed by atoms with van der Waals surface area (Å²) in [6, 6.07) is 3.67. The fourth-order valence-corrected chi connectivity index (χ4v) is 6.44. The van der Waals surface area contributed by atoms with Crippen LogP contribution in [0.15, 0.2) is 35.9 Å². The van der Waals surface area contributed by atoms with Gasteiger partial charge in [-0.05, 0) is 88.6 Å². The van der Waals surface area contributed by atoms with E-state index < -0.39 is 29.4 Å². The minimum atomic E-state index is -0.755. The number of likely N-dealkylation sites (tertiary alicyclic amines) is 2.